The van der Waals surface area contributed by atoms with Gasteiger partial charge in [-0.25, -0.2) is 0 Å². The van der Waals surface area contributed by atoms with E-state index in [0.717, 1.165) is 0 Å². The minimum atomic E-state index is -3.69. The number of nitrogens with two attached hydrogens (primary N) is 1. The summed E-state index contributed by atoms with van der Waals surface area (Å²) in [6.07, 6.45) is 1.42. The summed E-state index contributed by atoms with van der Waals surface area (Å²) in [5, 5.41) is 2.44. The molecule has 0 saturated carbocycles. The van der Waals surface area contributed by atoms with Gasteiger partial charge in [0.05, 0.1) is 6.04 Å². The largest absolute Gasteiger partial charge is 0.586 e. The minimum absolute atomic E-state index is 0.0778. The van der Waals surface area contributed by atoms with Gasteiger partial charge >= 0.3 is 6.29 Å². The molecule has 0 radical (unpaired) electrons. The second-order valence-electron chi connectivity index (χ2n) is 3.83. The van der Waals surface area contributed by atoms with Crippen LogP contribution in [0.2, 0.25) is 0 Å². The van der Waals surface area contributed by atoms with E-state index in [-0.39, 0.29) is 23.6 Å². The highest BCUT2D eigenvalue weighted by Crippen LogP contribution is 2.42. The number of anilines is 1. The van der Waals surface area contributed by atoms with Crippen molar-refractivity contribution in [3.05, 3.63) is 18.2 Å². The van der Waals surface area contributed by atoms with Gasteiger partial charge in [0.1, 0.15) is 0 Å². The van der Waals surface area contributed by atoms with Crippen molar-refractivity contribution in [2.24, 2.45) is 5.73 Å². The molecule has 7 heteroatoms. The zero-order valence-corrected chi connectivity index (χ0v) is 9.65. The molecule has 5 nitrogen and oxygen atoms in total. The van der Waals surface area contributed by atoms with Gasteiger partial charge in [0.25, 0.3) is 0 Å². The highest BCUT2D eigenvalue weighted by Gasteiger charge is 2.43. The van der Waals surface area contributed by atoms with Crippen LogP contribution in [0.25, 0.3) is 0 Å². The van der Waals surface area contributed by atoms with Crippen LogP contribution in [0.4, 0.5) is 14.5 Å². The van der Waals surface area contributed by atoms with E-state index >= 15 is 0 Å². The average Bonchev–Trinajstić information content (AvgIpc) is 2.62. The lowest BCUT2D eigenvalue weighted by Crippen LogP contribution is -2.35. The number of rotatable bonds is 3. The van der Waals surface area contributed by atoms with Crippen LogP contribution in [0, 0.1) is 12.3 Å². The summed E-state index contributed by atoms with van der Waals surface area (Å²) < 4.78 is 34.0. The molecule has 0 saturated heterocycles. The molecule has 19 heavy (non-hydrogen) atoms. The molecule has 3 N–H and O–H groups in total. The highest BCUT2D eigenvalue weighted by atomic mass is 19.3. The number of terminal acetylenes is 1. The van der Waals surface area contributed by atoms with Gasteiger partial charge in [-0.05, 0) is 12.1 Å². The first-order valence-corrected chi connectivity index (χ1v) is 5.31. The Morgan fingerprint density at radius 2 is 2.16 bits per heavy atom. The zero-order valence-electron chi connectivity index (χ0n) is 9.65. The van der Waals surface area contributed by atoms with Gasteiger partial charge in [-0.2, -0.15) is 0 Å². The number of halogens is 2. The Bertz CT molecular complexity index is 554. The molecule has 1 aliphatic rings. The Morgan fingerprint density at radius 1 is 1.47 bits per heavy atom. The molecule has 1 aromatic carbocycles. The summed E-state index contributed by atoms with van der Waals surface area (Å²) in [5.74, 6) is 1.49. The second-order valence-corrected chi connectivity index (χ2v) is 3.83. The predicted molar refractivity (Wildman–Crippen MR) is 62.7 cm³/mol. The fourth-order valence-corrected chi connectivity index (χ4v) is 1.48. The van der Waals surface area contributed by atoms with E-state index in [1.165, 1.54) is 18.2 Å². The van der Waals surface area contributed by atoms with Crippen molar-refractivity contribution < 1.29 is 23.0 Å². The summed E-state index contributed by atoms with van der Waals surface area (Å²) >= 11 is 0. The fourth-order valence-electron chi connectivity index (χ4n) is 1.48. The van der Waals surface area contributed by atoms with E-state index in [2.05, 4.69) is 20.7 Å². The Hall–Kier alpha value is -2.33. The third-order valence-corrected chi connectivity index (χ3v) is 2.34. The van der Waals surface area contributed by atoms with E-state index in [4.69, 9.17) is 12.2 Å². The molecule has 2 rings (SSSR count). The highest BCUT2D eigenvalue weighted by molar-refractivity contribution is 5.95. The molecule has 1 atom stereocenters. The van der Waals surface area contributed by atoms with E-state index < -0.39 is 18.2 Å². The number of fused-ring (bicyclic) bond motifs is 1. The lowest BCUT2D eigenvalue weighted by Gasteiger charge is -2.09. The van der Waals surface area contributed by atoms with Crippen LogP contribution in [0.15, 0.2) is 18.2 Å². The molecule has 100 valence electrons. The van der Waals surface area contributed by atoms with E-state index in [1.54, 1.807) is 0 Å². The third kappa shape index (κ3) is 2.92. The van der Waals surface area contributed by atoms with Crippen molar-refractivity contribution in [1.29, 1.82) is 0 Å². The van der Waals surface area contributed by atoms with Crippen molar-refractivity contribution in [1.82, 2.24) is 0 Å². The number of alkyl halides is 2. The summed E-state index contributed by atoms with van der Waals surface area (Å²) in [7, 11) is 0. The summed E-state index contributed by atoms with van der Waals surface area (Å²) in [5.41, 5.74) is 5.76. The predicted octanol–water partition coefficient (Wildman–Crippen LogP) is 1.30. The first-order chi connectivity index (χ1) is 8.91. The van der Waals surface area contributed by atoms with Crippen LogP contribution in [-0.4, -0.2) is 18.2 Å². The molecule has 1 aromatic rings. The Kier molecular flexibility index (Phi) is 3.27. The van der Waals surface area contributed by atoms with E-state index in [1.807, 2.05) is 0 Å². The van der Waals surface area contributed by atoms with Crippen LogP contribution in [-0.2, 0) is 4.79 Å². The number of amides is 1. The zero-order chi connectivity index (χ0) is 14.0. The van der Waals surface area contributed by atoms with Crippen LogP contribution >= 0.6 is 0 Å². The first-order valence-electron chi connectivity index (χ1n) is 5.31. The molecule has 1 aliphatic heterocycles. The van der Waals surface area contributed by atoms with Gasteiger partial charge in [0.2, 0.25) is 5.91 Å². The molecular weight excluding hydrogens is 258 g/mol. The first kappa shape index (κ1) is 13.1. The number of hydrogen-bond donors (Lipinski definition) is 2. The molecule has 0 spiro atoms. The molecule has 0 aliphatic carbocycles. The van der Waals surface area contributed by atoms with Gasteiger partial charge in [0, 0.05) is 18.2 Å². The van der Waals surface area contributed by atoms with Gasteiger partial charge in [-0.3, -0.25) is 4.79 Å². The van der Waals surface area contributed by atoms with Crippen molar-refractivity contribution in [2.45, 2.75) is 18.8 Å². The fraction of sp³-hybridized carbons (Fsp3) is 0.250. The van der Waals surface area contributed by atoms with Crippen molar-refractivity contribution >= 4 is 11.6 Å². The normalized spacial score (nSPS) is 16.5. The molecule has 1 unspecified atom stereocenters. The second kappa shape index (κ2) is 4.74. The standard InChI is InChI=1S/C12H10F2N2O3/c1-2-3-8(15)11(17)16-7-4-5-9-10(6-7)19-12(13,14)18-9/h1,4-6,8H,3,15H2,(H,16,17). The number of hydrogen-bond acceptors (Lipinski definition) is 4. The summed E-state index contributed by atoms with van der Waals surface area (Å²) in [6.45, 7) is 0. The lowest BCUT2D eigenvalue weighted by molar-refractivity contribution is -0.286. The Morgan fingerprint density at radius 3 is 2.84 bits per heavy atom. The van der Waals surface area contributed by atoms with Gasteiger partial charge < -0.3 is 20.5 Å². The maximum Gasteiger partial charge on any atom is 0.586 e. The number of carbonyl (C=O) groups is 1. The van der Waals surface area contributed by atoms with Crippen molar-refractivity contribution in [3.8, 4) is 23.8 Å². The maximum atomic E-state index is 12.8. The summed E-state index contributed by atoms with van der Waals surface area (Å²) in [4.78, 5) is 11.6. The number of carbonyl (C=O) groups excluding carboxylic acids is 1. The topological polar surface area (TPSA) is 73.6 Å². The molecule has 1 heterocycles. The maximum absolute atomic E-state index is 12.8. The quantitative estimate of drug-likeness (QED) is 0.810. The lowest BCUT2D eigenvalue weighted by atomic mass is 10.2. The third-order valence-electron chi connectivity index (χ3n) is 2.34. The Labute approximate surface area is 107 Å². The molecule has 0 aromatic heterocycles. The number of benzene rings is 1. The van der Waals surface area contributed by atoms with Gasteiger partial charge in [-0.15, -0.1) is 21.1 Å². The van der Waals surface area contributed by atoms with Crippen molar-refractivity contribution in [2.75, 3.05) is 5.32 Å². The van der Waals surface area contributed by atoms with Crippen molar-refractivity contribution in [3.63, 3.8) is 0 Å². The van der Waals surface area contributed by atoms with E-state index in [0.29, 0.717) is 0 Å². The average molecular weight is 268 g/mol. The number of nitrogens with one attached hydrogen (secondary N) is 1. The van der Waals surface area contributed by atoms with Crippen LogP contribution < -0.4 is 20.5 Å². The summed E-state index contributed by atoms with van der Waals surface area (Å²) in [6, 6.07) is 3.01. The minimum Gasteiger partial charge on any atom is -0.395 e. The monoisotopic (exact) mass is 268 g/mol. The van der Waals surface area contributed by atoms with Gasteiger partial charge in [0.15, 0.2) is 11.5 Å². The van der Waals surface area contributed by atoms with Crippen LogP contribution in [0.5, 0.6) is 11.5 Å². The Balaban J connectivity index is 2.09. The molecular formula is C12H10F2N2O3. The molecule has 0 fully saturated rings. The van der Waals surface area contributed by atoms with E-state index in [9.17, 15) is 13.6 Å². The van der Waals surface area contributed by atoms with Gasteiger partial charge in [-0.1, -0.05) is 0 Å². The molecule has 1 amide bonds. The van der Waals surface area contributed by atoms with Crippen LogP contribution in [0.3, 0.4) is 0 Å². The smallest absolute Gasteiger partial charge is 0.395 e. The molecule has 0 bridgehead atoms. The van der Waals surface area contributed by atoms with Crippen LogP contribution in [0.1, 0.15) is 6.42 Å². The number of ether oxygens (including phenoxy) is 2. The SMILES string of the molecule is C#CCC(N)C(=O)Nc1ccc2c(c1)OC(F)(F)O2.